The number of hydrogen-bond acceptors (Lipinski definition) is 7. The molecule has 0 bridgehead atoms. The van der Waals surface area contributed by atoms with Crippen LogP contribution in [-0.2, 0) is 32.7 Å². The van der Waals surface area contributed by atoms with Crippen LogP contribution in [-0.4, -0.2) is 37.0 Å². The van der Waals surface area contributed by atoms with Crippen molar-refractivity contribution >= 4 is 32.7 Å². The topological polar surface area (TPSA) is 110 Å². The summed E-state index contributed by atoms with van der Waals surface area (Å²) in [6, 6.07) is 14.1. The summed E-state index contributed by atoms with van der Waals surface area (Å²) in [7, 11) is -3.68. The Kier molecular flexibility index (Phi) is 10.6. The number of hydrogen-bond donors (Lipinski definition) is 0. The van der Waals surface area contributed by atoms with Crippen LogP contribution >= 0.6 is 0 Å². The molecule has 1 aromatic heterocycles. The van der Waals surface area contributed by atoms with Crippen molar-refractivity contribution in [2.45, 2.75) is 39.7 Å². The summed E-state index contributed by atoms with van der Waals surface area (Å²) < 4.78 is 31.3. The molecule has 0 saturated carbocycles. The molecular weight excluding hydrogens is 467 g/mol. The molecule has 0 amide bonds. The van der Waals surface area contributed by atoms with Gasteiger partial charge in [-0.25, -0.2) is 0 Å². The SMILES string of the molecule is CCCO/N=C(\Cn1cc(CC(=O)[O-])c2ccccc21)c1cccc(OS(=O)(=O)CCC)c1.[Na+]. The predicted octanol–water partition coefficient (Wildman–Crippen LogP) is -0.113. The number of carboxylic acids is 1. The van der Waals surface area contributed by atoms with E-state index in [-0.39, 0.29) is 54.0 Å². The second-order valence-corrected chi connectivity index (χ2v) is 9.28. The van der Waals surface area contributed by atoms with Gasteiger partial charge in [0.15, 0.2) is 0 Å². The molecule has 0 aliphatic carbocycles. The van der Waals surface area contributed by atoms with Gasteiger partial charge in [0.2, 0.25) is 0 Å². The van der Waals surface area contributed by atoms with Crippen molar-refractivity contribution in [2.75, 3.05) is 12.4 Å². The first-order valence-electron chi connectivity index (χ1n) is 10.8. The van der Waals surface area contributed by atoms with Gasteiger partial charge in [0.1, 0.15) is 18.1 Å². The van der Waals surface area contributed by atoms with Crippen LogP contribution in [0.4, 0.5) is 0 Å². The molecular formula is C24H27N2NaO6S. The van der Waals surface area contributed by atoms with Gasteiger partial charge in [0, 0.05) is 35.1 Å². The molecule has 10 heteroatoms. The van der Waals surface area contributed by atoms with E-state index < -0.39 is 16.1 Å². The minimum absolute atomic E-state index is 0. The van der Waals surface area contributed by atoms with Crippen LogP contribution in [0.25, 0.3) is 10.9 Å². The standard InChI is InChI=1S/C24H28N2O6S.Na/c1-3-12-31-25-22(18-8-7-9-20(14-18)32-33(29,30)13-4-2)17-26-16-19(15-24(27)28)21-10-5-6-11-23(21)26;/h5-11,14,16H,3-4,12-13,15,17H2,1-2H3,(H,27,28);/q;+1/p-1/b25-22+;. The fourth-order valence-electron chi connectivity index (χ4n) is 3.46. The van der Waals surface area contributed by atoms with Gasteiger partial charge in [0.05, 0.1) is 12.3 Å². The molecule has 0 radical (unpaired) electrons. The van der Waals surface area contributed by atoms with Gasteiger partial charge in [-0.15, -0.1) is 0 Å². The third-order valence-electron chi connectivity index (χ3n) is 4.84. The zero-order valence-corrected chi connectivity index (χ0v) is 22.5. The molecule has 0 fully saturated rings. The number of carboxylic acid groups (broad SMARTS) is 1. The second-order valence-electron chi connectivity index (χ2n) is 7.59. The monoisotopic (exact) mass is 494 g/mol. The fourth-order valence-corrected chi connectivity index (χ4v) is 4.45. The molecule has 0 unspecified atom stereocenters. The summed E-state index contributed by atoms with van der Waals surface area (Å²) in [6.45, 7) is 4.44. The van der Waals surface area contributed by atoms with E-state index in [9.17, 15) is 18.3 Å². The van der Waals surface area contributed by atoms with Crippen LogP contribution in [0.5, 0.6) is 5.75 Å². The van der Waals surface area contributed by atoms with E-state index in [2.05, 4.69) is 5.16 Å². The smallest absolute Gasteiger partial charge is 0.550 e. The summed E-state index contributed by atoms with van der Waals surface area (Å²) in [4.78, 5) is 16.7. The second kappa shape index (κ2) is 12.9. The van der Waals surface area contributed by atoms with E-state index in [1.54, 1.807) is 37.4 Å². The van der Waals surface area contributed by atoms with Crippen molar-refractivity contribution in [1.82, 2.24) is 4.57 Å². The molecule has 0 atom stereocenters. The van der Waals surface area contributed by atoms with Crippen molar-refractivity contribution < 1.29 is 56.9 Å². The zero-order valence-electron chi connectivity index (χ0n) is 19.7. The molecule has 34 heavy (non-hydrogen) atoms. The number of nitrogens with zero attached hydrogens (tertiary/aromatic N) is 2. The summed E-state index contributed by atoms with van der Waals surface area (Å²) >= 11 is 0. The Balaban J connectivity index is 0.00000408. The number of aliphatic carboxylic acids is 1. The number of rotatable bonds is 12. The maximum Gasteiger partial charge on any atom is 1.00 e. The van der Waals surface area contributed by atoms with Crippen LogP contribution in [0.2, 0.25) is 0 Å². The van der Waals surface area contributed by atoms with Gasteiger partial charge < -0.3 is 23.5 Å². The molecule has 176 valence electrons. The Morgan fingerprint density at radius 2 is 1.85 bits per heavy atom. The molecule has 0 saturated heterocycles. The first-order valence-corrected chi connectivity index (χ1v) is 12.4. The van der Waals surface area contributed by atoms with E-state index in [4.69, 9.17) is 9.02 Å². The predicted molar refractivity (Wildman–Crippen MR) is 125 cm³/mol. The van der Waals surface area contributed by atoms with Gasteiger partial charge in [-0.2, -0.15) is 8.42 Å². The fraction of sp³-hybridized carbons (Fsp3) is 0.333. The molecule has 2 aromatic carbocycles. The third-order valence-corrected chi connectivity index (χ3v) is 6.20. The van der Waals surface area contributed by atoms with Gasteiger partial charge in [-0.05, 0) is 36.6 Å². The van der Waals surface area contributed by atoms with Crippen LogP contribution in [0.3, 0.4) is 0 Å². The van der Waals surface area contributed by atoms with Crippen molar-refractivity contribution in [3.63, 3.8) is 0 Å². The Bertz CT molecular complexity index is 1250. The first kappa shape index (κ1) is 27.9. The van der Waals surface area contributed by atoms with Crippen LogP contribution in [0.1, 0.15) is 37.8 Å². The normalized spacial score (nSPS) is 11.8. The first-order chi connectivity index (χ1) is 15.8. The van der Waals surface area contributed by atoms with Crippen LogP contribution < -0.4 is 38.8 Å². The van der Waals surface area contributed by atoms with E-state index in [1.165, 1.54) is 0 Å². The maximum atomic E-state index is 12.1. The number of benzene rings is 2. The Morgan fingerprint density at radius 1 is 1.09 bits per heavy atom. The number of carbonyl (C=O) groups is 1. The summed E-state index contributed by atoms with van der Waals surface area (Å²) in [5.74, 6) is -1.04. The minimum Gasteiger partial charge on any atom is -0.550 e. The van der Waals surface area contributed by atoms with E-state index in [1.807, 2.05) is 35.8 Å². The Labute approximate surface area is 222 Å². The van der Waals surface area contributed by atoms with Gasteiger partial charge >= 0.3 is 39.7 Å². The molecule has 0 spiro atoms. The molecule has 0 aliphatic rings. The molecule has 1 heterocycles. The Hall–Kier alpha value is -2.33. The average Bonchev–Trinajstić information content (AvgIpc) is 3.09. The van der Waals surface area contributed by atoms with Crippen molar-refractivity contribution in [3.05, 3.63) is 65.9 Å². The average molecular weight is 495 g/mol. The van der Waals surface area contributed by atoms with Gasteiger partial charge in [0.25, 0.3) is 0 Å². The molecule has 3 aromatic rings. The van der Waals surface area contributed by atoms with Gasteiger partial charge in [-0.3, -0.25) is 0 Å². The molecule has 3 rings (SSSR count). The van der Waals surface area contributed by atoms with Crippen LogP contribution in [0, 0.1) is 0 Å². The minimum atomic E-state index is -3.68. The molecule has 0 aliphatic heterocycles. The third kappa shape index (κ3) is 7.59. The Morgan fingerprint density at radius 3 is 2.56 bits per heavy atom. The number of carbonyl (C=O) groups excluding carboxylic acids is 1. The van der Waals surface area contributed by atoms with Crippen LogP contribution in [0.15, 0.2) is 59.9 Å². The molecule has 0 N–H and O–H groups in total. The number of fused-ring (bicyclic) bond motifs is 1. The van der Waals surface area contributed by atoms with E-state index in [0.29, 0.717) is 29.9 Å². The van der Waals surface area contributed by atoms with E-state index in [0.717, 1.165) is 17.3 Å². The summed E-state index contributed by atoms with van der Waals surface area (Å²) in [6.07, 6.45) is 2.79. The van der Waals surface area contributed by atoms with E-state index >= 15 is 0 Å². The summed E-state index contributed by atoms with van der Waals surface area (Å²) in [5, 5.41) is 16.3. The van der Waals surface area contributed by atoms with Crippen molar-refractivity contribution in [3.8, 4) is 5.75 Å². The largest absolute Gasteiger partial charge is 1.00 e. The van der Waals surface area contributed by atoms with Crippen molar-refractivity contribution in [1.29, 1.82) is 0 Å². The molecule has 8 nitrogen and oxygen atoms in total. The number of oxime groups is 1. The zero-order chi connectivity index (χ0) is 23.8. The number of para-hydroxylation sites is 1. The number of aromatic nitrogens is 1. The van der Waals surface area contributed by atoms with Gasteiger partial charge in [-0.1, -0.05) is 49.3 Å². The summed E-state index contributed by atoms with van der Waals surface area (Å²) in [5.41, 5.74) is 2.66. The quantitative estimate of drug-likeness (QED) is 0.114. The maximum absolute atomic E-state index is 12.1. The van der Waals surface area contributed by atoms with Crippen molar-refractivity contribution in [2.24, 2.45) is 5.16 Å².